The van der Waals surface area contributed by atoms with Gasteiger partial charge in [0.25, 0.3) is 0 Å². The van der Waals surface area contributed by atoms with Crippen LogP contribution in [0.25, 0.3) is 10.9 Å². The molecule has 5 nitrogen and oxygen atoms in total. The lowest BCUT2D eigenvalue weighted by molar-refractivity contribution is -0.121. The normalized spacial score (nSPS) is 11.3. The monoisotopic (exact) mass is 342 g/mol. The number of para-hydroxylation sites is 1. The third-order valence-electron chi connectivity index (χ3n) is 4.16. The van der Waals surface area contributed by atoms with E-state index in [0.29, 0.717) is 25.4 Å². The van der Waals surface area contributed by atoms with Gasteiger partial charge in [-0.3, -0.25) is 4.79 Å². The number of benzene rings is 1. The molecule has 126 valence electrons. The Morgan fingerprint density at radius 1 is 1.33 bits per heavy atom. The summed E-state index contributed by atoms with van der Waals surface area (Å²) in [5.74, 6) is 0.375. The van der Waals surface area contributed by atoms with Crippen LogP contribution in [0, 0.1) is 6.92 Å². The summed E-state index contributed by atoms with van der Waals surface area (Å²) in [7, 11) is 0. The first-order valence-corrected chi connectivity index (χ1v) is 8.96. The highest BCUT2D eigenvalue weighted by Gasteiger charge is 2.13. The van der Waals surface area contributed by atoms with Crippen LogP contribution >= 0.6 is 11.5 Å². The molecule has 0 spiro atoms. The van der Waals surface area contributed by atoms with E-state index < -0.39 is 0 Å². The van der Waals surface area contributed by atoms with Crippen LogP contribution in [0.4, 0.5) is 0 Å². The van der Waals surface area contributed by atoms with Crippen molar-refractivity contribution in [3.63, 3.8) is 0 Å². The van der Waals surface area contributed by atoms with Crippen LogP contribution in [0.15, 0.2) is 30.3 Å². The van der Waals surface area contributed by atoms with Crippen molar-refractivity contribution in [1.29, 1.82) is 0 Å². The van der Waals surface area contributed by atoms with E-state index in [1.165, 1.54) is 28.1 Å². The van der Waals surface area contributed by atoms with Crippen LogP contribution in [0.5, 0.6) is 0 Å². The summed E-state index contributed by atoms with van der Waals surface area (Å²) in [6.07, 6.45) is 0.461. The molecule has 2 heterocycles. The molecule has 1 N–H and O–H groups in total. The molecule has 24 heavy (non-hydrogen) atoms. The molecule has 0 aliphatic heterocycles. The highest BCUT2D eigenvalue weighted by atomic mass is 32.1. The smallest absolute Gasteiger partial charge is 0.222 e. The van der Waals surface area contributed by atoms with E-state index in [1.807, 2.05) is 12.1 Å². The van der Waals surface area contributed by atoms with Crippen molar-refractivity contribution < 1.29 is 4.79 Å². The van der Waals surface area contributed by atoms with Crippen LogP contribution in [0.1, 0.15) is 42.5 Å². The molecule has 0 saturated carbocycles. The van der Waals surface area contributed by atoms with E-state index >= 15 is 0 Å². The lowest BCUT2D eigenvalue weighted by Crippen LogP contribution is -2.24. The van der Waals surface area contributed by atoms with Gasteiger partial charge in [0.05, 0.1) is 17.1 Å². The summed E-state index contributed by atoms with van der Waals surface area (Å²) < 4.78 is 6.19. The third kappa shape index (κ3) is 3.48. The zero-order chi connectivity index (χ0) is 17.1. The molecule has 0 fully saturated rings. The number of nitrogens with one attached hydrogen (secondary N) is 1. The minimum Gasteiger partial charge on any atom is -0.351 e. The first kappa shape index (κ1) is 16.6. The predicted octanol–water partition coefficient (Wildman–Crippen LogP) is 3.63. The molecule has 0 aliphatic rings. The van der Waals surface area contributed by atoms with Crippen LogP contribution in [0.3, 0.4) is 0 Å². The summed E-state index contributed by atoms with van der Waals surface area (Å²) >= 11 is 1.36. The third-order valence-corrected chi connectivity index (χ3v) is 4.90. The van der Waals surface area contributed by atoms with Gasteiger partial charge >= 0.3 is 0 Å². The average Bonchev–Trinajstić information content (AvgIpc) is 3.14. The maximum absolute atomic E-state index is 12.2. The van der Waals surface area contributed by atoms with Gasteiger partial charge in [0.15, 0.2) is 0 Å². The molecule has 0 saturated heterocycles. The number of hydrogen-bond donors (Lipinski definition) is 1. The average molecular weight is 342 g/mol. The number of carbonyl (C=O) groups is 1. The Bertz CT molecular complexity index is 850. The van der Waals surface area contributed by atoms with Gasteiger partial charge in [-0.2, -0.15) is 0 Å². The molecule has 0 atom stereocenters. The number of nitrogens with zero attached hydrogens (tertiary/aromatic N) is 3. The molecule has 1 amide bonds. The number of fused-ring (bicyclic) bond motifs is 1. The number of rotatable bonds is 6. The van der Waals surface area contributed by atoms with E-state index in [-0.39, 0.29) is 5.91 Å². The van der Waals surface area contributed by atoms with Gasteiger partial charge in [-0.05, 0) is 41.9 Å². The molecule has 0 aliphatic carbocycles. The SMILES string of the molecule is Cc1cc2ccccc2n1CCC(=O)NCc1snnc1C(C)C. The van der Waals surface area contributed by atoms with E-state index in [4.69, 9.17) is 0 Å². The largest absolute Gasteiger partial charge is 0.351 e. The molecular weight excluding hydrogens is 320 g/mol. The molecule has 0 bridgehead atoms. The van der Waals surface area contributed by atoms with Gasteiger partial charge < -0.3 is 9.88 Å². The number of aromatic nitrogens is 3. The summed E-state index contributed by atoms with van der Waals surface area (Å²) in [4.78, 5) is 13.2. The molecular formula is C18H22N4OS. The Balaban J connectivity index is 1.59. The summed E-state index contributed by atoms with van der Waals surface area (Å²) in [5, 5.41) is 8.34. The molecule has 0 radical (unpaired) electrons. The Labute approximate surface area is 145 Å². The zero-order valence-corrected chi connectivity index (χ0v) is 15.1. The van der Waals surface area contributed by atoms with Crippen LogP contribution in [-0.2, 0) is 17.9 Å². The molecule has 3 aromatic rings. The number of hydrogen-bond acceptors (Lipinski definition) is 4. The highest BCUT2D eigenvalue weighted by Crippen LogP contribution is 2.20. The fourth-order valence-corrected chi connectivity index (χ4v) is 3.64. The quantitative estimate of drug-likeness (QED) is 0.744. The van der Waals surface area contributed by atoms with Crippen molar-refractivity contribution in [2.75, 3.05) is 0 Å². The lowest BCUT2D eigenvalue weighted by Gasteiger charge is -2.09. The second-order valence-electron chi connectivity index (χ2n) is 6.26. The Morgan fingerprint density at radius 2 is 2.12 bits per heavy atom. The minimum absolute atomic E-state index is 0.0512. The van der Waals surface area contributed by atoms with Crippen molar-refractivity contribution in [3.8, 4) is 0 Å². The van der Waals surface area contributed by atoms with Gasteiger partial charge in [-0.25, -0.2) is 0 Å². The lowest BCUT2D eigenvalue weighted by atomic mass is 10.1. The van der Waals surface area contributed by atoms with Gasteiger partial charge in [0, 0.05) is 24.2 Å². The Kier molecular flexibility index (Phi) is 4.94. The number of aryl methyl sites for hydroxylation is 2. The zero-order valence-electron chi connectivity index (χ0n) is 14.2. The van der Waals surface area contributed by atoms with Gasteiger partial charge in [-0.1, -0.05) is 36.5 Å². The number of amides is 1. The second-order valence-corrected chi connectivity index (χ2v) is 7.10. The fraction of sp³-hybridized carbons (Fsp3) is 0.389. The Morgan fingerprint density at radius 3 is 2.92 bits per heavy atom. The van der Waals surface area contributed by atoms with Crippen molar-refractivity contribution in [3.05, 3.63) is 46.6 Å². The number of carbonyl (C=O) groups excluding carboxylic acids is 1. The van der Waals surface area contributed by atoms with E-state index in [1.54, 1.807) is 0 Å². The molecule has 0 unspecified atom stereocenters. The van der Waals surface area contributed by atoms with E-state index in [0.717, 1.165) is 10.6 Å². The Hall–Kier alpha value is -2.21. The second kappa shape index (κ2) is 7.13. The molecule has 3 rings (SSSR count). The highest BCUT2D eigenvalue weighted by molar-refractivity contribution is 7.05. The van der Waals surface area contributed by atoms with Crippen molar-refractivity contribution in [2.24, 2.45) is 0 Å². The van der Waals surface area contributed by atoms with E-state index in [9.17, 15) is 4.79 Å². The van der Waals surface area contributed by atoms with Crippen molar-refractivity contribution in [1.82, 2.24) is 19.5 Å². The fourth-order valence-electron chi connectivity index (χ4n) is 2.90. The summed E-state index contributed by atoms with van der Waals surface area (Å²) in [6.45, 7) is 7.44. The van der Waals surface area contributed by atoms with Crippen molar-refractivity contribution in [2.45, 2.75) is 46.2 Å². The minimum atomic E-state index is 0.0512. The maximum Gasteiger partial charge on any atom is 0.222 e. The van der Waals surface area contributed by atoms with Crippen LogP contribution in [0.2, 0.25) is 0 Å². The summed E-state index contributed by atoms with van der Waals surface area (Å²) in [5.41, 5.74) is 3.34. The maximum atomic E-state index is 12.2. The van der Waals surface area contributed by atoms with Crippen LogP contribution in [-0.4, -0.2) is 20.1 Å². The van der Waals surface area contributed by atoms with E-state index in [2.05, 4.69) is 58.4 Å². The standard InChI is InChI=1S/C18H22N4OS/c1-12(2)18-16(24-21-20-18)11-19-17(23)8-9-22-13(3)10-14-6-4-5-7-15(14)22/h4-7,10,12H,8-9,11H2,1-3H3,(H,19,23). The topological polar surface area (TPSA) is 59.8 Å². The molecule has 2 aromatic heterocycles. The summed E-state index contributed by atoms with van der Waals surface area (Å²) in [6, 6.07) is 10.4. The van der Waals surface area contributed by atoms with Gasteiger partial charge in [0.2, 0.25) is 5.91 Å². The van der Waals surface area contributed by atoms with Crippen molar-refractivity contribution >= 4 is 28.3 Å². The van der Waals surface area contributed by atoms with Gasteiger partial charge in [0.1, 0.15) is 0 Å². The van der Waals surface area contributed by atoms with Gasteiger partial charge in [-0.15, -0.1) is 5.10 Å². The first-order chi connectivity index (χ1) is 11.6. The molecule has 1 aromatic carbocycles. The first-order valence-electron chi connectivity index (χ1n) is 8.19. The van der Waals surface area contributed by atoms with Crippen LogP contribution < -0.4 is 5.32 Å². The molecule has 6 heteroatoms. The predicted molar refractivity (Wildman–Crippen MR) is 97.1 cm³/mol.